The highest BCUT2D eigenvalue weighted by Crippen LogP contribution is 2.18. The topological polar surface area (TPSA) is 46.2 Å². The first kappa shape index (κ1) is 8.57. The minimum atomic E-state index is -0.668. The zero-order valence-corrected chi connectivity index (χ0v) is 6.34. The highest BCUT2D eigenvalue weighted by Gasteiger charge is 2.02. The number of phenols is 1. The van der Waals surface area contributed by atoms with E-state index in [9.17, 15) is 4.39 Å². The lowest BCUT2D eigenvalue weighted by molar-refractivity contribution is 0.431. The van der Waals surface area contributed by atoms with Crippen molar-refractivity contribution in [3.8, 4) is 17.6 Å². The number of para-hydroxylation sites is 1. The molecule has 0 amide bonds. The lowest BCUT2D eigenvalue weighted by Crippen LogP contribution is -1.93. The first-order valence-electron chi connectivity index (χ1n) is 3.42. The van der Waals surface area contributed by atoms with Crippen LogP contribution in [0.3, 0.4) is 0 Å². The van der Waals surface area contributed by atoms with E-state index in [1.807, 2.05) is 0 Å². The summed E-state index contributed by atoms with van der Waals surface area (Å²) in [4.78, 5) is 0. The Morgan fingerprint density at radius 1 is 1.50 bits per heavy atom. The standard InChI is InChI=1S/C9H8FNO/c10-8-5-1-3-7(9(8)12)4-2-6-11/h1,3,5,12H,6,11H2. The second-order valence-corrected chi connectivity index (χ2v) is 2.14. The molecule has 0 heterocycles. The molecule has 0 spiro atoms. The Balaban J connectivity index is 3.08. The number of hydrogen-bond donors (Lipinski definition) is 2. The number of benzene rings is 1. The smallest absolute Gasteiger partial charge is 0.167 e. The summed E-state index contributed by atoms with van der Waals surface area (Å²) in [5.41, 5.74) is 5.38. The zero-order valence-electron chi connectivity index (χ0n) is 6.34. The summed E-state index contributed by atoms with van der Waals surface area (Å²) in [6.07, 6.45) is 0. The molecule has 1 rings (SSSR count). The van der Waals surface area contributed by atoms with Gasteiger partial charge in [0.1, 0.15) is 0 Å². The van der Waals surface area contributed by atoms with Gasteiger partial charge in [-0.05, 0) is 12.1 Å². The molecule has 2 nitrogen and oxygen atoms in total. The highest BCUT2D eigenvalue weighted by atomic mass is 19.1. The number of aromatic hydroxyl groups is 1. The van der Waals surface area contributed by atoms with Crippen LogP contribution < -0.4 is 5.73 Å². The van der Waals surface area contributed by atoms with Crippen molar-refractivity contribution in [2.75, 3.05) is 6.54 Å². The number of phenolic OH excluding ortho intramolecular Hbond substituents is 1. The summed E-state index contributed by atoms with van der Waals surface area (Å²) in [6.45, 7) is 0.190. The summed E-state index contributed by atoms with van der Waals surface area (Å²) >= 11 is 0. The first-order chi connectivity index (χ1) is 5.75. The molecule has 0 aromatic heterocycles. The Hall–Kier alpha value is -1.53. The van der Waals surface area contributed by atoms with Gasteiger partial charge in [-0.1, -0.05) is 17.9 Å². The molecule has 0 radical (unpaired) electrons. The van der Waals surface area contributed by atoms with Crippen LogP contribution in [0.2, 0.25) is 0 Å². The van der Waals surface area contributed by atoms with E-state index >= 15 is 0 Å². The molecule has 0 aliphatic rings. The molecule has 0 unspecified atom stereocenters. The highest BCUT2D eigenvalue weighted by molar-refractivity contribution is 5.45. The van der Waals surface area contributed by atoms with Crippen LogP contribution in [0.1, 0.15) is 5.56 Å². The summed E-state index contributed by atoms with van der Waals surface area (Å²) < 4.78 is 12.7. The van der Waals surface area contributed by atoms with Gasteiger partial charge >= 0.3 is 0 Å². The number of rotatable bonds is 0. The SMILES string of the molecule is NCC#Cc1cccc(F)c1O. The zero-order chi connectivity index (χ0) is 8.97. The Morgan fingerprint density at radius 3 is 2.92 bits per heavy atom. The third-order valence-corrected chi connectivity index (χ3v) is 1.31. The van der Waals surface area contributed by atoms with Gasteiger partial charge in [0.05, 0.1) is 12.1 Å². The first-order valence-corrected chi connectivity index (χ1v) is 3.42. The fourth-order valence-electron chi connectivity index (χ4n) is 0.762. The second kappa shape index (κ2) is 3.74. The van der Waals surface area contributed by atoms with E-state index in [4.69, 9.17) is 10.8 Å². The minimum absolute atomic E-state index is 0.190. The summed E-state index contributed by atoms with van der Waals surface area (Å²) in [5.74, 6) is 3.99. The molecule has 0 saturated carbocycles. The third-order valence-electron chi connectivity index (χ3n) is 1.31. The van der Waals surface area contributed by atoms with Gasteiger partial charge in [-0.2, -0.15) is 0 Å². The quantitative estimate of drug-likeness (QED) is 0.559. The molecule has 3 heteroatoms. The minimum Gasteiger partial charge on any atom is -0.504 e. The number of hydrogen-bond acceptors (Lipinski definition) is 2. The van der Waals surface area contributed by atoms with E-state index < -0.39 is 11.6 Å². The summed E-state index contributed by atoms with van der Waals surface area (Å²) in [6, 6.07) is 4.18. The molecule has 0 aliphatic heterocycles. The third kappa shape index (κ3) is 1.74. The predicted octanol–water partition coefficient (Wildman–Crippen LogP) is 0.841. The van der Waals surface area contributed by atoms with Crippen molar-refractivity contribution in [3.05, 3.63) is 29.6 Å². The van der Waals surface area contributed by atoms with Crippen LogP contribution in [-0.4, -0.2) is 11.7 Å². The van der Waals surface area contributed by atoms with Crippen molar-refractivity contribution in [2.45, 2.75) is 0 Å². The van der Waals surface area contributed by atoms with Crippen molar-refractivity contribution in [3.63, 3.8) is 0 Å². The van der Waals surface area contributed by atoms with Crippen LogP contribution in [0.4, 0.5) is 4.39 Å². The van der Waals surface area contributed by atoms with Crippen molar-refractivity contribution in [1.29, 1.82) is 0 Å². The molecular formula is C9H8FNO. The Labute approximate surface area is 69.8 Å². The average Bonchev–Trinajstić information content (AvgIpc) is 2.08. The molecule has 3 N–H and O–H groups in total. The maximum Gasteiger partial charge on any atom is 0.167 e. The van der Waals surface area contributed by atoms with E-state index in [1.165, 1.54) is 18.2 Å². The van der Waals surface area contributed by atoms with E-state index in [0.29, 0.717) is 0 Å². The molecule has 1 aromatic carbocycles. The molecule has 0 fully saturated rings. The van der Waals surface area contributed by atoms with Gasteiger partial charge in [-0.3, -0.25) is 0 Å². The second-order valence-electron chi connectivity index (χ2n) is 2.14. The van der Waals surface area contributed by atoms with E-state index in [2.05, 4.69) is 11.8 Å². The van der Waals surface area contributed by atoms with Gasteiger partial charge in [0, 0.05) is 0 Å². The average molecular weight is 165 g/mol. The molecule has 1 aromatic rings. The summed E-state index contributed by atoms with van der Waals surface area (Å²) in [7, 11) is 0. The Kier molecular flexibility index (Phi) is 2.67. The molecule has 62 valence electrons. The van der Waals surface area contributed by atoms with Crippen LogP contribution in [-0.2, 0) is 0 Å². The van der Waals surface area contributed by atoms with Crippen LogP contribution >= 0.6 is 0 Å². The molecule has 0 atom stereocenters. The van der Waals surface area contributed by atoms with Gasteiger partial charge < -0.3 is 10.8 Å². The van der Waals surface area contributed by atoms with Crippen molar-refractivity contribution in [2.24, 2.45) is 5.73 Å². The predicted molar refractivity (Wildman–Crippen MR) is 44.0 cm³/mol. The number of halogens is 1. The molecule has 0 saturated heterocycles. The van der Waals surface area contributed by atoms with E-state index in [0.717, 1.165) is 0 Å². The van der Waals surface area contributed by atoms with Gasteiger partial charge in [0.2, 0.25) is 0 Å². The fourth-order valence-corrected chi connectivity index (χ4v) is 0.762. The largest absolute Gasteiger partial charge is 0.504 e. The monoisotopic (exact) mass is 165 g/mol. The lowest BCUT2D eigenvalue weighted by Gasteiger charge is -1.96. The van der Waals surface area contributed by atoms with Crippen molar-refractivity contribution < 1.29 is 9.50 Å². The molecule has 0 bridgehead atoms. The van der Waals surface area contributed by atoms with E-state index in [-0.39, 0.29) is 12.1 Å². The molecular weight excluding hydrogens is 157 g/mol. The Bertz CT molecular complexity index is 338. The Morgan fingerprint density at radius 2 is 2.25 bits per heavy atom. The molecule has 0 aliphatic carbocycles. The maximum atomic E-state index is 12.7. The fraction of sp³-hybridized carbons (Fsp3) is 0.111. The van der Waals surface area contributed by atoms with E-state index in [1.54, 1.807) is 0 Å². The van der Waals surface area contributed by atoms with Crippen molar-refractivity contribution in [1.82, 2.24) is 0 Å². The maximum absolute atomic E-state index is 12.7. The van der Waals surface area contributed by atoms with Crippen LogP contribution in [0, 0.1) is 17.7 Å². The van der Waals surface area contributed by atoms with Gasteiger partial charge in [-0.15, -0.1) is 0 Å². The van der Waals surface area contributed by atoms with Gasteiger partial charge in [0.25, 0.3) is 0 Å². The van der Waals surface area contributed by atoms with Crippen molar-refractivity contribution >= 4 is 0 Å². The van der Waals surface area contributed by atoms with Gasteiger partial charge in [-0.25, -0.2) is 4.39 Å². The van der Waals surface area contributed by atoms with Crippen LogP contribution in [0.15, 0.2) is 18.2 Å². The normalized spacial score (nSPS) is 8.83. The molecule has 12 heavy (non-hydrogen) atoms. The summed E-state index contributed by atoms with van der Waals surface area (Å²) in [5, 5.41) is 9.11. The van der Waals surface area contributed by atoms with Gasteiger partial charge in [0.15, 0.2) is 11.6 Å². The van der Waals surface area contributed by atoms with Crippen LogP contribution in [0.25, 0.3) is 0 Å². The van der Waals surface area contributed by atoms with Crippen LogP contribution in [0.5, 0.6) is 5.75 Å². The number of nitrogens with two attached hydrogens (primary N) is 1. The lowest BCUT2D eigenvalue weighted by atomic mass is 10.2.